The number of aryl methyl sites for hydroxylation is 1. The lowest BCUT2D eigenvalue weighted by Crippen LogP contribution is -1.98. The Hall–Kier alpha value is -3.26. The van der Waals surface area contributed by atoms with Gasteiger partial charge in [-0.25, -0.2) is 13.2 Å². The summed E-state index contributed by atoms with van der Waals surface area (Å²) in [6, 6.07) is 12.2. The maximum atomic E-state index is 14.4. The van der Waals surface area contributed by atoms with E-state index >= 15 is 0 Å². The van der Waals surface area contributed by atoms with E-state index in [0.29, 0.717) is 29.5 Å². The van der Waals surface area contributed by atoms with Gasteiger partial charge in [0.15, 0.2) is 23.2 Å². The zero-order valence-corrected chi connectivity index (χ0v) is 16.7. The molecule has 0 radical (unpaired) electrons. The normalized spacial score (nSPS) is 10.5. The third kappa shape index (κ3) is 4.49. The Morgan fingerprint density at radius 1 is 0.733 bits per heavy atom. The molecule has 0 saturated carbocycles. The van der Waals surface area contributed by atoms with Crippen molar-refractivity contribution in [3.63, 3.8) is 0 Å². The molecule has 0 N–H and O–H groups in total. The summed E-state index contributed by atoms with van der Waals surface area (Å²) < 4.78 is 61.7. The van der Waals surface area contributed by atoms with Gasteiger partial charge in [-0.2, -0.15) is 4.39 Å². The van der Waals surface area contributed by atoms with Crippen molar-refractivity contribution < 1.29 is 22.3 Å². The standard InChI is InChI=1S/C25H20F4O/c1-3-5-18-12-13-19(23(27)22(18)26)11-8-16-6-9-17(10-7-16)20-14-15-21(30-4-2)25(29)24(20)28/h6-7,9-10,12-15H,3-5H2,1-2H3. The first-order chi connectivity index (χ1) is 14.5. The van der Waals surface area contributed by atoms with Gasteiger partial charge in [0.25, 0.3) is 0 Å². The van der Waals surface area contributed by atoms with E-state index < -0.39 is 23.3 Å². The van der Waals surface area contributed by atoms with Crippen molar-refractivity contribution in [1.29, 1.82) is 0 Å². The van der Waals surface area contributed by atoms with Crippen LogP contribution in [-0.2, 0) is 6.42 Å². The van der Waals surface area contributed by atoms with Crippen LogP contribution in [0.1, 0.15) is 37.0 Å². The number of rotatable bonds is 5. The lowest BCUT2D eigenvalue weighted by molar-refractivity contribution is 0.314. The molecule has 154 valence electrons. The highest BCUT2D eigenvalue weighted by Gasteiger charge is 2.15. The fraction of sp³-hybridized carbons (Fsp3) is 0.200. The molecule has 0 aliphatic carbocycles. The van der Waals surface area contributed by atoms with Gasteiger partial charge in [-0.05, 0) is 54.8 Å². The lowest BCUT2D eigenvalue weighted by atomic mass is 10.0. The van der Waals surface area contributed by atoms with Gasteiger partial charge in [-0.3, -0.25) is 0 Å². The Labute approximate surface area is 173 Å². The average Bonchev–Trinajstić information content (AvgIpc) is 2.75. The predicted octanol–water partition coefficient (Wildman–Crippen LogP) is 6.66. The second kappa shape index (κ2) is 9.49. The van der Waals surface area contributed by atoms with Gasteiger partial charge in [-0.15, -0.1) is 0 Å². The highest BCUT2D eigenvalue weighted by Crippen LogP contribution is 2.30. The molecule has 0 aliphatic heterocycles. The Morgan fingerprint density at radius 3 is 2.13 bits per heavy atom. The van der Waals surface area contributed by atoms with E-state index in [2.05, 4.69) is 11.8 Å². The Balaban J connectivity index is 1.85. The Bertz CT molecular complexity index is 1110. The maximum Gasteiger partial charge on any atom is 0.201 e. The topological polar surface area (TPSA) is 9.23 Å². The zero-order chi connectivity index (χ0) is 21.7. The minimum Gasteiger partial charge on any atom is -0.491 e. The molecule has 0 bridgehead atoms. The number of benzene rings is 3. The molecule has 0 atom stereocenters. The van der Waals surface area contributed by atoms with Crippen LogP contribution in [0.4, 0.5) is 17.6 Å². The van der Waals surface area contributed by atoms with Crippen molar-refractivity contribution >= 4 is 0 Å². The minimum atomic E-state index is -1.04. The summed E-state index contributed by atoms with van der Waals surface area (Å²) in [5, 5.41) is 0. The zero-order valence-electron chi connectivity index (χ0n) is 16.7. The molecule has 0 heterocycles. The molecule has 0 fully saturated rings. The van der Waals surface area contributed by atoms with Crippen LogP contribution in [0.2, 0.25) is 0 Å². The molecule has 30 heavy (non-hydrogen) atoms. The summed E-state index contributed by atoms with van der Waals surface area (Å²) in [5.74, 6) is 1.39. The van der Waals surface area contributed by atoms with E-state index in [4.69, 9.17) is 4.74 Å². The number of ether oxygens (including phenoxy) is 1. The van der Waals surface area contributed by atoms with Crippen molar-refractivity contribution in [2.45, 2.75) is 26.7 Å². The van der Waals surface area contributed by atoms with E-state index in [-0.39, 0.29) is 23.5 Å². The number of hydrogen-bond donors (Lipinski definition) is 0. The molecule has 1 nitrogen and oxygen atoms in total. The van der Waals surface area contributed by atoms with Crippen molar-refractivity contribution in [2.24, 2.45) is 0 Å². The molecular weight excluding hydrogens is 392 g/mol. The van der Waals surface area contributed by atoms with Gasteiger partial charge in [0.1, 0.15) is 0 Å². The van der Waals surface area contributed by atoms with Crippen LogP contribution in [0.5, 0.6) is 5.75 Å². The largest absolute Gasteiger partial charge is 0.491 e. The molecule has 3 aromatic carbocycles. The van der Waals surface area contributed by atoms with Gasteiger partial charge in [0, 0.05) is 11.1 Å². The highest BCUT2D eigenvalue weighted by atomic mass is 19.2. The fourth-order valence-electron chi connectivity index (χ4n) is 3.04. The Morgan fingerprint density at radius 2 is 1.47 bits per heavy atom. The van der Waals surface area contributed by atoms with Gasteiger partial charge in [0.2, 0.25) is 5.82 Å². The number of halogens is 4. The first-order valence-electron chi connectivity index (χ1n) is 9.66. The highest BCUT2D eigenvalue weighted by molar-refractivity contribution is 5.66. The summed E-state index contributed by atoms with van der Waals surface area (Å²) >= 11 is 0. The smallest absolute Gasteiger partial charge is 0.201 e. The van der Waals surface area contributed by atoms with Crippen molar-refractivity contribution in [2.75, 3.05) is 6.61 Å². The molecule has 3 rings (SSSR count). The lowest BCUT2D eigenvalue weighted by Gasteiger charge is -2.09. The molecule has 0 saturated heterocycles. The third-order valence-electron chi connectivity index (χ3n) is 4.57. The van der Waals surface area contributed by atoms with Gasteiger partial charge in [-0.1, -0.05) is 43.4 Å². The van der Waals surface area contributed by atoms with Crippen LogP contribution in [-0.4, -0.2) is 6.61 Å². The van der Waals surface area contributed by atoms with E-state index in [9.17, 15) is 17.6 Å². The molecule has 0 amide bonds. The summed E-state index contributed by atoms with van der Waals surface area (Å²) in [5.41, 5.74) is 1.38. The summed E-state index contributed by atoms with van der Waals surface area (Å²) in [6.45, 7) is 3.81. The van der Waals surface area contributed by atoms with Gasteiger partial charge >= 0.3 is 0 Å². The van der Waals surface area contributed by atoms with E-state index in [0.717, 1.165) is 0 Å². The summed E-state index contributed by atoms with van der Waals surface area (Å²) in [7, 11) is 0. The molecule has 0 aliphatic rings. The third-order valence-corrected chi connectivity index (χ3v) is 4.57. The van der Waals surface area contributed by atoms with E-state index in [1.807, 2.05) is 6.92 Å². The van der Waals surface area contributed by atoms with Crippen LogP contribution < -0.4 is 4.74 Å². The van der Waals surface area contributed by atoms with Crippen molar-refractivity contribution in [1.82, 2.24) is 0 Å². The number of hydrogen-bond acceptors (Lipinski definition) is 1. The van der Waals surface area contributed by atoms with Crippen LogP contribution in [0, 0.1) is 35.1 Å². The van der Waals surface area contributed by atoms with Gasteiger partial charge < -0.3 is 4.74 Å². The van der Waals surface area contributed by atoms with Crippen LogP contribution >= 0.6 is 0 Å². The van der Waals surface area contributed by atoms with E-state index in [1.54, 1.807) is 31.2 Å². The molecule has 0 spiro atoms. The monoisotopic (exact) mass is 412 g/mol. The SMILES string of the molecule is CCCc1ccc(C#Cc2ccc(-c3ccc(OCC)c(F)c3F)cc2)c(F)c1F. The molecule has 3 aromatic rings. The first-order valence-corrected chi connectivity index (χ1v) is 9.66. The summed E-state index contributed by atoms with van der Waals surface area (Å²) in [6.07, 6.45) is 1.17. The minimum absolute atomic E-state index is 0.0314. The van der Waals surface area contributed by atoms with E-state index in [1.165, 1.54) is 24.3 Å². The summed E-state index contributed by atoms with van der Waals surface area (Å²) in [4.78, 5) is 0. The average molecular weight is 412 g/mol. The quantitative estimate of drug-likeness (QED) is 0.336. The van der Waals surface area contributed by atoms with Gasteiger partial charge in [0.05, 0.1) is 12.2 Å². The molecular formula is C25H20F4O. The van der Waals surface area contributed by atoms with Crippen molar-refractivity contribution in [3.8, 4) is 28.7 Å². The Kier molecular flexibility index (Phi) is 6.79. The van der Waals surface area contributed by atoms with Crippen LogP contribution in [0.15, 0.2) is 48.5 Å². The second-order valence-electron chi connectivity index (χ2n) is 6.65. The van der Waals surface area contributed by atoms with Crippen LogP contribution in [0.3, 0.4) is 0 Å². The molecule has 0 unspecified atom stereocenters. The van der Waals surface area contributed by atoms with Crippen molar-refractivity contribution in [3.05, 3.63) is 88.5 Å². The van der Waals surface area contributed by atoms with Crippen LogP contribution in [0.25, 0.3) is 11.1 Å². The molecule has 0 aromatic heterocycles. The molecule has 5 heteroatoms. The first kappa shape index (κ1) is 21.4. The maximum absolute atomic E-state index is 14.4. The predicted molar refractivity (Wildman–Crippen MR) is 109 cm³/mol. The fourth-order valence-corrected chi connectivity index (χ4v) is 3.04. The second-order valence-corrected chi connectivity index (χ2v) is 6.65.